The van der Waals surface area contributed by atoms with Gasteiger partial charge < -0.3 is 4.90 Å². The minimum atomic E-state index is -4.51. The Labute approximate surface area is 200 Å². The fourth-order valence-corrected chi connectivity index (χ4v) is 4.73. The molecular weight excluding hydrogens is 479 g/mol. The van der Waals surface area contributed by atoms with E-state index in [2.05, 4.69) is 9.88 Å². The van der Waals surface area contributed by atoms with Gasteiger partial charge in [-0.2, -0.15) is 13.2 Å². The molecule has 0 aliphatic carbocycles. The molecule has 2 aromatic carbocycles. The third kappa shape index (κ3) is 6.15. The summed E-state index contributed by atoms with van der Waals surface area (Å²) in [6, 6.07) is 10.4. The summed E-state index contributed by atoms with van der Waals surface area (Å²) in [6.07, 6.45) is -2.52. The maximum absolute atomic E-state index is 13.3. The number of benzene rings is 2. The van der Waals surface area contributed by atoms with Crippen LogP contribution in [0.15, 0.2) is 47.4 Å². The van der Waals surface area contributed by atoms with Crippen molar-refractivity contribution < 1.29 is 18.0 Å². The van der Waals surface area contributed by atoms with E-state index >= 15 is 0 Å². The van der Waals surface area contributed by atoms with Crippen LogP contribution in [0.2, 0.25) is 0 Å². The third-order valence-electron chi connectivity index (χ3n) is 5.03. The fourth-order valence-electron chi connectivity index (χ4n) is 3.18. The van der Waals surface area contributed by atoms with Crippen molar-refractivity contribution in [2.24, 2.45) is 0 Å². The summed E-state index contributed by atoms with van der Waals surface area (Å²) >= 11 is 2.99. The summed E-state index contributed by atoms with van der Waals surface area (Å²) in [5.41, 5.74) is -0.0723. The minimum absolute atomic E-state index is 0. The smallest absolute Gasteiger partial charge is 0.302 e. The Kier molecular flexibility index (Phi) is 9.39. The van der Waals surface area contributed by atoms with E-state index in [9.17, 15) is 18.0 Å². The molecule has 0 atom stereocenters. The highest BCUT2D eigenvalue weighted by atomic mass is 35.5. The highest BCUT2D eigenvalue weighted by molar-refractivity contribution is 7.98. The normalized spacial score (nSPS) is 11.6. The second-order valence-electron chi connectivity index (χ2n) is 6.89. The van der Waals surface area contributed by atoms with Gasteiger partial charge in [-0.3, -0.25) is 9.69 Å². The number of thioether (sulfide) groups is 1. The Morgan fingerprint density at radius 3 is 2.44 bits per heavy atom. The molecule has 0 saturated carbocycles. The van der Waals surface area contributed by atoms with E-state index in [0.717, 1.165) is 40.3 Å². The quantitative estimate of drug-likeness (QED) is 0.331. The zero-order valence-corrected chi connectivity index (χ0v) is 20.4. The van der Waals surface area contributed by atoms with Crippen molar-refractivity contribution in [3.63, 3.8) is 0 Å². The second-order valence-corrected chi connectivity index (χ2v) is 8.78. The number of aromatic nitrogens is 1. The first-order chi connectivity index (χ1) is 14.8. The number of carbonyl (C=O) groups is 1. The topological polar surface area (TPSA) is 36.4 Å². The molecular formula is C22H25ClF3N3OS2. The van der Waals surface area contributed by atoms with Crippen LogP contribution in [0, 0.1) is 0 Å². The lowest BCUT2D eigenvalue weighted by molar-refractivity contribution is -0.137. The summed E-state index contributed by atoms with van der Waals surface area (Å²) in [5.74, 6) is -0.484. The zero-order valence-electron chi connectivity index (χ0n) is 18.0. The average Bonchev–Trinajstić information content (AvgIpc) is 3.18. The van der Waals surface area contributed by atoms with E-state index in [1.54, 1.807) is 11.8 Å². The first-order valence-corrected chi connectivity index (χ1v) is 12.0. The van der Waals surface area contributed by atoms with E-state index in [1.165, 1.54) is 28.4 Å². The van der Waals surface area contributed by atoms with Gasteiger partial charge in [0.15, 0.2) is 5.13 Å². The standard InChI is InChI=1S/C22H24F3N3OS2.ClH/c1-4-27(5-2)11-12-28(20(29)15-7-6-8-16(13-15)22(23,24)25)21-26-18-10-9-17(30-3)14-19(18)31-21;/h6-10,13-14H,4-5,11-12H2,1-3H3;1H. The van der Waals surface area contributed by atoms with Crippen molar-refractivity contribution in [1.29, 1.82) is 0 Å². The van der Waals surface area contributed by atoms with Crippen LogP contribution in [0.5, 0.6) is 0 Å². The van der Waals surface area contributed by atoms with Gasteiger partial charge in [0, 0.05) is 23.5 Å². The Hall–Kier alpha value is -1.81. The van der Waals surface area contributed by atoms with Gasteiger partial charge in [-0.1, -0.05) is 31.3 Å². The molecule has 3 rings (SSSR count). The molecule has 10 heteroatoms. The Morgan fingerprint density at radius 1 is 1.09 bits per heavy atom. The van der Waals surface area contributed by atoms with Crippen LogP contribution in [-0.2, 0) is 6.18 Å². The van der Waals surface area contributed by atoms with Gasteiger partial charge in [0.05, 0.1) is 15.8 Å². The Balaban J connectivity index is 0.00000363. The summed E-state index contributed by atoms with van der Waals surface area (Å²) in [6.45, 7) is 6.64. The van der Waals surface area contributed by atoms with Crippen LogP contribution in [0.4, 0.5) is 18.3 Å². The van der Waals surface area contributed by atoms with E-state index in [0.29, 0.717) is 18.2 Å². The lowest BCUT2D eigenvalue weighted by atomic mass is 10.1. The van der Waals surface area contributed by atoms with Gasteiger partial charge in [0.1, 0.15) is 0 Å². The number of likely N-dealkylation sites (N-methyl/N-ethyl adjacent to an activating group) is 1. The number of halogens is 4. The largest absolute Gasteiger partial charge is 0.416 e. The molecule has 0 aliphatic rings. The number of rotatable bonds is 8. The number of amides is 1. The molecule has 3 aromatic rings. The lowest BCUT2D eigenvalue weighted by Gasteiger charge is -2.25. The first-order valence-electron chi connectivity index (χ1n) is 9.92. The van der Waals surface area contributed by atoms with Crippen molar-refractivity contribution in [2.45, 2.75) is 24.9 Å². The average molecular weight is 504 g/mol. The number of carbonyl (C=O) groups excluding carboxylic acids is 1. The molecule has 0 aliphatic heterocycles. The van der Waals surface area contributed by atoms with Crippen LogP contribution < -0.4 is 4.90 Å². The minimum Gasteiger partial charge on any atom is -0.302 e. The molecule has 0 bridgehead atoms. The molecule has 32 heavy (non-hydrogen) atoms. The molecule has 0 saturated heterocycles. The SMILES string of the molecule is CCN(CC)CCN(C(=O)c1cccc(C(F)(F)F)c1)c1nc2ccc(SC)cc2s1.Cl. The molecule has 174 valence electrons. The molecule has 1 amide bonds. The van der Waals surface area contributed by atoms with E-state index in [1.807, 2.05) is 38.3 Å². The van der Waals surface area contributed by atoms with Crippen LogP contribution in [-0.4, -0.2) is 48.2 Å². The molecule has 0 radical (unpaired) electrons. The number of fused-ring (bicyclic) bond motifs is 1. The summed E-state index contributed by atoms with van der Waals surface area (Å²) in [5, 5.41) is 0.489. The third-order valence-corrected chi connectivity index (χ3v) is 6.80. The second kappa shape index (κ2) is 11.4. The van der Waals surface area contributed by atoms with Gasteiger partial charge in [-0.15, -0.1) is 24.2 Å². The van der Waals surface area contributed by atoms with Crippen LogP contribution in [0.3, 0.4) is 0 Å². The lowest BCUT2D eigenvalue weighted by Crippen LogP contribution is -2.39. The van der Waals surface area contributed by atoms with Crippen molar-refractivity contribution >= 4 is 56.8 Å². The number of nitrogens with zero attached hydrogens (tertiary/aromatic N) is 3. The fraction of sp³-hybridized carbons (Fsp3) is 0.364. The molecule has 1 heterocycles. The van der Waals surface area contributed by atoms with Gasteiger partial charge in [0.25, 0.3) is 5.91 Å². The monoisotopic (exact) mass is 503 g/mol. The van der Waals surface area contributed by atoms with Crippen molar-refractivity contribution in [3.05, 3.63) is 53.6 Å². The summed E-state index contributed by atoms with van der Waals surface area (Å²) in [4.78, 5) is 22.7. The Bertz CT molecular complexity index is 1050. The van der Waals surface area contributed by atoms with Gasteiger partial charge in [-0.05, 0) is 55.7 Å². The van der Waals surface area contributed by atoms with Gasteiger partial charge >= 0.3 is 6.18 Å². The predicted molar refractivity (Wildman–Crippen MR) is 130 cm³/mol. The van der Waals surface area contributed by atoms with Gasteiger partial charge in [0.2, 0.25) is 0 Å². The molecule has 0 fully saturated rings. The van der Waals surface area contributed by atoms with Crippen LogP contribution in [0.1, 0.15) is 29.8 Å². The number of hydrogen-bond donors (Lipinski definition) is 0. The summed E-state index contributed by atoms with van der Waals surface area (Å²) in [7, 11) is 0. The van der Waals surface area contributed by atoms with E-state index in [-0.39, 0.29) is 18.0 Å². The highest BCUT2D eigenvalue weighted by Crippen LogP contribution is 2.33. The van der Waals surface area contributed by atoms with Crippen molar-refractivity contribution in [2.75, 3.05) is 37.3 Å². The molecule has 4 nitrogen and oxygen atoms in total. The molecule has 0 unspecified atom stereocenters. The highest BCUT2D eigenvalue weighted by Gasteiger charge is 2.32. The number of anilines is 1. The molecule has 0 N–H and O–H groups in total. The summed E-state index contributed by atoms with van der Waals surface area (Å²) < 4.78 is 40.4. The predicted octanol–water partition coefficient (Wildman–Crippen LogP) is 6.45. The number of alkyl halides is 3. The van der Waals surface area contributed by atoms with Crippen molar-refractivity contribution in [3.8, 4) is 0 Å². The maximum Gasteiger partial charge on any atom is 0.416 e. The Morgan fingerprint density at radius 2 is 1.81 bits per heavy atom. The maximum atomic E-state index is 13.3. The van der Waals surface area contributed by atoms with Crippen LogP contribution >= 0.6 is 35.5 Å². The zero-order chi connectivity index (χ0) is 22.6. The molecule has 0 spiro atoms. The van der Waals surface area contributed by atoms with Crippen LogP contribution in [0.25, 0.3) is 10.2 Å². The number of thiazole rings is 1. The van der Waals surface area contributed by atoms with Crippen molar-refractivity contribution in [1.82, 2.24) is 9.88 Å². The van der Waals surface area contributed by atoms with E-state index < -0.39 is 17.6 Å². The van der Waals surface area contributed by atoms with Gasteiger partial charge in [-0.25, -0.2) is 4.98 Å². The number of hydrogen-bond acceptors (Lipinski definition) is 5. The first kappa shape index (κ1) is 26.4. The van der Waals surface area contributed by atoms with E-state index in [4.69, 9.17) is 0 Å². The molecule has 1 aromatic heterocycles.